The zero-order chi connectivity index (χ0) is 17.9. The molecule has 0 saturated heterocycles. The first-order valence-electron chi connectivity index (χ1n) is 10.1. The van der Waals surface area contributed by atoms with Gasteiger partial charge in [0.1, 0.15) is 6.79 Å². The van der Waals surface area contributed by atoms with E-state index in [0.717, 1.165) is 12.8 Å². The van der Waals surface area contributed by atoms with Gasteiger partial charge in [0, 0.05) is 0 Å². The van der Waals surface area contributed by atoms with E-state index in [4.69, 9.17) is 9.84 Å². The Morgan fingerprint density at radius 3 is 1.58 bits per heavy atom. The number of rotatable bonds is 18. The number of aliphatic hydroxyl groups excluding tert-OH is 1. The molecule has 0 aliphatic heterocycles. The van der Waals surface area contributed by atoms with Crippen molar-refractivity contribution in [2.45, 2.75) is 109 Å². The van der Waals surface area contributed by atoms with Gasteiger partial charge in [-0.3, -0.25) is 0 Å². The Hall–Kier alpha value is -0.610. The summed E-state index contributed by atoms with van der Waals surface area (Å²) in [4.78, 5) is 11.4. The number of hydrogen-bond donors (Lipinski definition) is 1. The van der Waals surface area contributed by atoms with E-state index in [0.29, 0.717) is 6.42 Å². The molecule has 0 saturated carbocycles. The summed E-state index contributed by atoms with van der Waals surface area (Å²) < 4.78 is 9.65. The molecule has 4 nitrogen and oxygen atoms in total. The number of methoxy groups -OCH3 is 1. The first kappa shape index (κ1) is 23.4. The fraction of sp³-hybridized carbons (Fsp3) is 0.950. The van der Waals surface area contributed by atoms with E-state index in [9.17, 15) is 4.79 Å². The van der Waals surface area contributed by atoms with Crippen molar-refractivity contribution in [2.75, 3.05) is 13.9 Å². The van der Waals surface area contributed by atoms with Gasteiger partial charge in [-0.25, -0.2) is 4.79 Å². The van der Waals surface area contributed by atoms with Crippen LogP contribution in [-0.2, 0) is 14.3 Å². The molecular weight excluding hydrogens is 304 g/mol. The highest BCUT2D eigenvalue weighted by atomic mass is 16.6. The summed E-state index contributed by atoms with van der Waals surface area (Å²) in [5.74, 6) is -0.390. The lowest BCUT2D eigenvalue weighted by molar-refractivity contribution is -0.161. The Bertz CT molecular complexity index is 268. The number of carbonyl (C=O) groups is 1. The van der Waals surface area contributed by atoms with Gasteiger partial charge in [-0.2, -0.15) is 0 Å². The van der Waals surface area contributed by atoms with Gasteiger partial charge in [-0.05, 0) is 6.42 Å². The maximum absolute atomic E-state index is 11.4. The summed E-state index contributed by atoms with van der Waals surface area (Å²) in [5, 5.41) is 8.77. The summed E-state index contributed by atoms with van der Waals surface area (Å²) in [7, 11) is 1.35. The third-order valence-corrected chi connectivity index (χ3v) is 4.56. The lowest BCUT2D eigenvalue weighted by Crippen LogP contribution is -2.26. The van der Waals surface area contributed by atoms with Crippen LogP contribution in [0.3, 0.4) is 0 Å². The molecule has 0 aliphatic carbocycles. The van der Waals surface area contributed by atoms with Gasteiger partial charge in [-0.1, -0.05) is 96.8 Å². The van der Waals surface area contributed by atoms with Gasteiger partial charge in [0.25, 0.3) is 0 Å². The Labute approximate surface area is 149 Å². The van der Waals surface area contributed by atoms with Crippen molar-refractivity contribution >= 4 is 5.97 Å². The number of aliphatic hydroxyl groups is 1. The van der Waals surface area contributed by atoms with Crippen LogP contribution in [0.15, 0.2) is 0 Å². The zero-order valence-corrected chi connectivity index (χ0v) is 16.1. The highest BCUT2D eigenvalue weighted by molar-refractivity contribution is 5.74. The first-order valence-corrected chi connectivity index (χ1v) is 10.1. The van der Waals surface area contributed by atoms with Gasteiger partial charge in [-0.15, -0.1) is 0 Å². The smallest absolute Gasteiger partial charge is 0.335 e. The monoisotopic (exact) mass is 344 g/mol. The molecular formula is C20H40O4. The largest absolute Gasteiger partial charge is 0.467 e. The van der Waals surface area contributed by atoms with Crippen LogP contribution < -0.4 is 0 Å². The topological polar surface area (TPSA) is 55.8 Å². The molecule has 4 heteroatoms. The van der Waals surface area contributed by atoms with Crippen molar-refractivity contribution in [3.8, 4) is 0 Å². The van der Waals surface area contributed by atoms with Gasteiger partial charge in [0.05, 0.1) is 7.11 Å². The second-order valence-corrected chi connectivity index (χ2v) is 6.69. The third-order valence-electron chi connectivity index (χ3n) is 4.56. The van der Waals surface area contributed by atoms with Crippen molar-refractivity contribution in [2.24, 2.45) is 0 Å². The van der Waals surface area contributed by atoms with Crippen molar-refractivity contribution in [3.05, 3.63) is 0 Å². The van der Waals surface area contributed by atoms with Crippen LogP contribution >= 0.6 is 0 Å². The summed E-state index contributed by atoms with van der Waals surface area (Å²) in [6.45, 7) is 1.83. The van der Waals surface area contributed by atoms with E-state index in [1.807, 2.05) is 0 Å². The molecule has 0 bridgehead atoms. The van der Waals surface area contributed by atoms with E-state index in [2.05, 4.69) is 11.7 Å². The summed E-state index contributed by atoms with van der Waals surface area (Å²) in [6.07, 6.45) is 18.4. The second-order valence-electron chi connectivity index (χ2n) is 6.69. The van der Waals surface area contributed by atoms with Crippen LogP contribution in [0.2, 0.25) is 0 Å². The standard InChI is InChI=1S/C20H40O4/c1-3-4-5-6-7-8-9-10-11-12-13-14-15-16-17-19(24-18-21)20(22)23-2/h19,21H,3-18H2,1-2H3. The van der Waals surface area contributed by atoms with Crippen LogP contribution in [0.4, 0.5) is 0 Å². The van der Waals surface area contributed by atoms with Crippen LogP contribution in [-0.4, -0.2) is 31.1 Å². The fourth-order valence-electron chi connectivity index (χ4n) is 3.01. The number of unbranched alkanes of at least 4 members (excludes halogenated alkanes) is 13. The number of ether oxygens (including phenoxy) is 2. The quantitative estimate of drug-likeness (QED) is 0.206. The maximum atomic E-state index is 11.4. The molecule has 0 spiro atoms. The van der Waals surface area contributed by atoms with Gasteiger partial charge in [0.2, 0.25) is 0 Å². The summed E-state index contributed by atoms with van der Waals surface area (Å²) >= 11 is 0. The molecule has 0 aliphatic rings. The molecule has 0 fully saturated rings. The number of carbonyl (C=O) groups excluding carboxylic acids is 1. The predicted molar refractivity (Wildman–Crippen MR) is 98.9 cm³/mol. The van der Waals surface area contributed by atoms with E-state index < -0.39 is 18.9 Å². The Kier molecular flexibility index (Phi) is 18.2. The zero-order valence-electron chi connectivity index (χ0n) is 16.1. The van der Waals surface area contributed by atoms with Crippen molar-refractivity contribution in [1.82, 2.24) is 0 Å². The molecule has 0 aromatic rings. The third kappa shape index (κ3) is 14.9. The SMILES string of the molecule is CCCCCCCCCCCCCCCCC(OCO)C(=O)OC. The molecule has 0 aromatic carbocycles. The highest BCUT2D eigenvalue weighted by Crippen LogP contribution is 2.14. The first-order chi connectivity index (χ1) is 11.8. The van der Waals surface area contributed by atoms with Gasteiger partial charge in [0.15, 0.2) is 6.10 Å². The van der Waals surface area contributed by atoms with Crippen LogP contribution in [0.1, 0.15) is 103 Å². The molecule has 0 heterocycles. The van der Waals surface area contributed by atoms with Crippen LogP contribution in [0.5, 0.6) is 0 Å². The van der Waals surface area contributed by atoms with E-state index >= 15 is 0 Å². The summed E-state index contributed by atoms with van der Waals surface area (Å²) in [6, 6.07) is 0. The minimum absolute atomic E-state index is 0.390. The molecule has 1 atom stereocenters. The molecule has 0 radical (unpaired) electrons. The minimum Gasteiger partial charge on any atom is -0.467 e. The van der Waals surface area contributed by atoms with Crippen LogP contribution in [0, 0.1) is 0 Å². The van der Waals surface area contributed by atoms with Gasteiger partial charge >= 0.3 is 5.97 Å². The molecule has 24 heavy (non-hydrogen) atoms. The second kappa shape index (κ2) is 18.7. The van der Waals surface area contributed by atoms with E-state index in [1.54, 1.807) is 0 Å². The molecule has 144 valence electrons. The Balaban J connectivity index is 3.28. The highest BCUT2D eigenvalue weighted by Gasteiger charge is 2.18. The molecule has 0 aromatic heterocycles. The lowest BCUT2D eigenvalue weighted by atomic mass is 10.0. The van der Waals surface area contributed by atoms with E-state index in [-0.39, 0.29) is 0 Å². The number of esters is 1. The van der Waals surface area contributed by atoms with Crippen molar-refractivity contribution in [3.63, 3.8) is 0 Å². The molecule has 0 amide bonds. The maximum Gasteiger partial charge on any atom is 0.335 e. The summed E-state index contributed by atoms with van der Waals surface area (Å²) in [5.41, 5.74) is 0. The van der Waals surface area contributed by atoms with E-state index in [1.165, 1.54) is 84.2 Å². The number of hydrogen-bond acceptors (Lipinski definition) is 4. The fourth-order valence-corrected chi connectivity index (χ4v) is 3.01. The van der Waals surface area contributed by atoms with Crippen LogP contribution in [0.25, 0.3) is 0 Å². The van der Waals surface area contributed by atoms with Gasteiger partial charge < -0.3 is 14.6 Å². The minimum atomic E-state index is -0.614. The lowest BCUT2D eigenvalue weighted by Gasteiger charge is -2.13. The Morgan fingerprint density at radius 2 is 1.21 bits per heavy atom. The van der Waals surface area contributed by atoms with Crippen molar-refractivity contribution in [1.29, 1.82) is 0 Å². The molecule has 1 unspecified atom stereocenters. The Morgan fingerprint density at radius 1 is 0.792 bits per heavy atom. The van der Waals surface area contributed by atoms with Crippen molar-refractivity contribution < 1.29 is 19.4 Å². The molecule has 0 rings (SSSR count). The average molecular weight is 345 g/mol. The average Bonchev–Trinajstić information content (AvgIpc) is 2.60. The predicted octanol–water partition coefficient (Wildman–Crippen LogP) is 5.37. The molecule has 1 N–H and O–H groups in total. The normalized spacial score (nSPS) is 12.3.